The fourth-order valence-corrected chi connectivity index (χ4v) is 11.8. The summed E-state index contributed by atoms with van der Waals surface area (Å²) in [7, 11) is -2.13. The molecule has 4 aromatic carbocycles. The number of fused-ring (bicyclic) bond motifs is 3. The van der Waals surface area contributed by atoms with Gasteiger partial charge in [0.15, 0.2) is 0 Å². The van der Waals surface area contributed by atoms with Crippen LogP contribution in [0.3, 0.4) is 0 Å². The predicted octanol–water partition coefficient (Wildman–Crippen LogP) is 11.5. The van der Waals surface area contributed by atoms with Gasteiger partial charge in [-0.2, -0.15) is 11.3 Å². The SMILES string of the molecule is Cc1cc(-c2[c-]cccc2)nc[c]1[Ge]([CH3])([CH3])[CH3].[2H]C([2H])(c1ccnc(-c2[c-]ccc3c2sc2c(F)c(-c4ccccc4)ccc23)c1)[Si](C)(C)C.[Ir]. The second kappa shape index (κ2) is 15.3. The maximum absolute atomic E-state index is 15.6. The molecule has 0 unspecified atom stereocenters. The molecule has 0 saturated heterocycles. The minimum Gasteiger partial charge on any atom is -0.305 e. The minimum absolute atomic E-state index is 0. The van der Waals surface area contributed by atoms with Gasteiger partial charge in [0.05, 0.1) is 4.70 Å². The van der Waals surface area contributed by atoms with Gasteiger partial charge in [0.2, 0.25) is 0 Å². The van der Waals surface area contributed by atoms with Crippen molar-refractivity contribution in [1.82, 2.24) is 9.97 Å². The van der Waals surface area contributed by atoms with Crippen LogP contribution in [0, 0.1) is 24.9 Å². The molecule has 7 heteroatoms. The zero-order valence-corrected chi connectivity index (χ0v) is 35.2. The van der Waals surface area contributed by atoms with Gasteiger partial charge in [0.1, 0.15) is 5.82 Å². The van der Waals surface area contributed by atoms with Gasteiger partial charge in [0, 0.05) is 42.7 Å². The van der Waals surface area contributed by atoms with E-state index in [1.807, 2.05) is 98.5 Å². The number of rotatable bonds is 6. The zero-order chi connectivity index (χ0) is 35.8. The average Bonchev–Trinajstić information content (AvgIpc) is 3.48. The van der Waals surface area contributed by atoms with Gasteiger partial charge < -0.3 is 4.98 Å². The summed E-state index contributed by atoms with van der Waals surface area (Å²) < 4.78 is 36.0. The van der Waals surface area contributed by atoms with Gasteiger partial charge in [-0.1, -0.05) is 79.1 Å². The van der Waals surface area contributed by atoms with Crippen LogP contribution >= 0.6 is 11.3 Å². The van der Waals surface area contributed by atoms with Gasteiger partial charge in [-0.15, -0.1) is 23.8 Å². The molecule has 0 saturated carbocycles. The first-order chi connectivity index (χ1) is 23.7. The van der Waals surface area contributed by atoms with Crippen LogP contribution in [0.15, 0.2) is 109 Å². The molecule has 0 aliphatic carbocycles. The van der Waals surface area contributed by atoms with Crippen molar-refractivity contribution in [2.24, 2.45) is 0 Å². The molecule has 251 valence electrons. The number of hydrogen-bond donors (Lipinski definition) is 0. The second-order valence-corrected chi connectivity index (χ2v) is 30.4. The van der Waals surface area contributed by atoms with Gasteiger partial charge in [-0.25, -0.2) is 4.39 Å². The van der Waals surface area contributed by atoms with Crippen LogP contribution in [0.5, 0.6) is 0 Å². The van der Waals surface area contributed by atoms with E-state index in [4.69, 9.17) is 2.74 Å². The molecule has 0 bridgehead atoms. The summed E-state index contributed by atoms with van der Waals surface area (Å²) in [6.45, 7) is 8.27. The largest absolute Gasteiger partial charge is 0.305 e. The molecule has 7 rings (SSSR count). The Morgan fingerprint density at radius 3 is 2.22 bits per heavy atom. The number of aromatic nitrogens is 2. The van der Waals surface area contributed by atoms with Crippen molar-refractivity contribution in [2.75, 3.05) is 0 Å². The van der Waals surface area contributed by atoms with Crippen molar-refractivity contribution in [2.45, 2.75) is 49.8 Å². The Kier molecular flexibility index (Phi) is 10.7. The van der Waals surface area contributed by atoms with Crippen molar-refractivity contribution in [1.29, 1.82) is 0 Å². The van der Waals surface area contributed by atoms with E-state index in [0.717, 1.165) is 37.9 Å². The molecule has 3 aromatic heterocycles. The summed E-state index contributed by atoms with van der Waals surface area (Å²) in [5.41, 5.74) is 6.99. The quantitative estimate of drug-likeness (QED) is 0.123. The summed E-state index contributed by atoms with van der Waals surface area (Å²) in [5, 5.41) is 1.83. The van der Waals surface area contributed by atoms with Crippen molar-refractivity contribution in [3.8, 4) is 33.6 Å². The Morgan fingerprint density at radius 1 is 0.816 bits per heavy atom. The third-order valence-electron chi connectivity index (χ3n) is 8.06. The van der Waals surface area contributed by atoms with Crippen LogP contribution in [0.25, 0.3) is 53.8 Å². The zero-order valence-electron chi connectivity index (χ0n) is 30.9. The molecular weight excluding hydrogens is 876 g/mol. The molecule has 0 spiro atoms. The fraction of sp³-hybridized carbons (Fsp3) is 0.190. The Morgan fingerprint density at radius 2 is 1.55 bits per heavy atom. The van der Waals surface area contributed by atoms with E-state index < -0.39 is 27.3 Å². The molecule has 3 heterocycles. The topological polar surface area (TPSA) is 25.8 Å². The standard InChI is InChI=1S/C27H23FNSSi.C15H18GeN.Ir/c1-31(2,3)17-18-14-15-29-24(16-18)23-11-7-10-21-22-13-12-20(19-8-5-4-6-9-19)25(28)27(22)30-26(21)23;1-12-10-15(13-8-6-5-7-9-13)17-11-14(12)16(2,3)4;/h4-10,12-16H,17H2,1-3H3;5-8,10-11H,1-4H3;/q2*-1;/i17D2;;. The Balaban J connectivity index is 0.000000237. The summed E-state index contributed by atoms with van der Waals surface area (Å²) in [6, 6.07) is 37.5. The number of aryl methyl sites for hydroxylation is 1. The molecule has 0 aliphatic rings. The smallest absolute Gasteiger partial charge is 0.147 e. The average molecular weight is 920 g/mol. The Hall–Kier alpha value is -3.26. The molecule has 2 nitrogen and oxygen atoms in total. The van der Waals surface area contributed by atoms with Crippen molar-refractivity contribution in [3.05, 3.63) is 139 Å². The molecule has 0 N–H and O–H groups in total. The number of pyridine rings is 2. The van der Waals surface area contributed by atoms with E-state index in [2.05, 4.69) is 64.6 Å². The van der Waals surface area contributed by atoms with Crippen molar-refractivity contribution in [3.63, 3.8) is 0 Å². The number of halogens is 1. The van der Waals surface area contributed by atoms with Crippen LogP contribution < -0.4 is 4.40 Å². The third kappa shape index (κ3) is 8.55. The predicted molar refractivity (Wildman–Crippen MR) is 210 cm³/mol. The first-order valence-electron chi connectivity index (χ1n) is 17.2. The van der Waals surface area contributed by atoms with E-state index in [9.17, 15) is 0 Å². The monoisotopic (exact) mass is 921 g/mol. The van der Waals surface area contributed by atoms with Crippen LogP contribution in [-0.2, 0) is 26.1 Å². The minimum atomic E-state index is -2.13. The second-order valence-electron chi connectivity index (χ2n) is 14.1. The van der Waals surface area contributed by atoms with Gasteiger partial charge in [0.25, 0.3) is 0 Å². The normalized spacial score (nSPS) is 12.5. The maximum atomic E-state index is 15.6. The molecule has 0 atom stereocenters. The molecule has 0 amide bonds. The van der Waals surface area contributed by atoms with E-state index in [0.29, 0.717) is 21.5 Å². The fourth-order valence-electron chi connectivity index (χ4n) is 5.92. The van der Waals surface area contributed by atoms with E-state index in [1.54, 1.807) is 12.3 Å². The number of thiophene rings is 1. The maximum Gasteiger partial charge on any atom is 0.147 e. The Labute approximate surface area is 314 Å². The van der Waals surface area contributed by atoms with Gasteiger partial charge in [-0.05, 0) is 33.4 Å². The summed E-state index contributed by atoms with van der Waals surface area (Å²) in [6.07, 6.45) is 3.74. The van der Waals surface area contributed by atoms with E-state index >= 15 is 4.39 Å². The molecule has 49 heavy (non-hydrogen) atoms. The van der Waals surface area contributed by atoms with Gasteiger partial charge >= 0.3 is 106 Å². The molecule has 1 radical (unpaired) electrons. The summed E-state index contributed by atoms with van der Waals surface area (Å²) in [4.78, 5) is 9.14. The van der Waals surface area contributed by atoms with Crippen LogP contribution in [0.2, 0.25) is 36.9 Å². The van der Waals surface area contributed by atoms with Gasteiger partial charge in [-0.3, -0.25) is 0 Å². The van der Waals surface area contributed by atoms with Crippen LogP contribution in [-0.4, -0.2) is 31.3 Å². The van der Waals surface area contributed by atoms with Crippen molar-refractivity contribution < 1.29 is 27.2 Å². The number of hydrogen-bond acceptors (Lipinski definition) is 3. The van der Waals surface area contributed by atoms with Crippen LogP contribution in [0.1, 0.15) is 13.9 Å². The van der Waals surface area contributed by atoms with Crippen molar-refractivity contribution >= 4 is 57.2 Å². The van der Waals surface area contributed by atoms with E-state index in [1.165, 1.54) is 21.3 Å². The van der Waals surface area contributed by atoms with E-state index in [-0.39, 0.29) is 25.9 Å². The first kappa shape index (κ1) is 34.2. The summed E-state index contributed by atoms with van der Waals surface area (Å²) in [5.74, 6) is 5.59. The first-order valence-corrected chi connectivity index (χ1v) is 27.8. The number of nitrogens with zero attached hydrogens (tertiary/aromatic N) is 2. The molecule has 0 fully saturated rings. The summed E-state index contributed by atoms with van der Waals surface area (Å²) >= 11 is -0.366. The molecule has 7 aromatic rings. The number of benzene rings is 4. The molecular formula is C42H41FGeIrN2SSi-2. The molecule has 0 aliphatic heterocycles. The third-order valence-corrected chi connectivity index (χ3v) is 14.8. The Bertz CT molecular complexity index is 2300. The van der Waals surface area contributed by atoms with Crippen LogP contribution in [0.4, 0.5) is 4.39 Å².